The number of benzene rings is 1. The molecule has 3 heteroatoms. The Balaban J connectivity index is 1.69. The first-order valence-corrected chi connectivity index (χ1v) is 7.66. The van der Waals surface area contributed by atoms with Gasteiger partial charge in [0.25, 0.3) is 0 Å². The van der Waals surface area contributed by atoms with E-state index < -0.39 is 0 Å². The van der Waals surface area contributed by atoms with Gasteiger partial charge in [0.05, 0.1) is 0 Å². The molecule has 0 saturated carbocycles. The maximum atomic E-state index is 12.5. The van der Waals surface area contributed by atoms with E-state index in [-0.39, 0.29) is 11.7 Å². The number of carbonyl (C=O) groups excluding carboxylic acids is 1. The van der Waals surface area contributed by atoms with E-state index in [1.807, 2.05) is 43.3 Å². The monoisotopic (exact) mass is 283 g/mol. The highest BCUT2D eigenvalue weighted by atomic mass is 16.3. The van der Waals surface area contributed by atoms with Gasteiger partial charge in [0.2, 0.25) is 5.78 Å². The number of rotatable bonds is 5. The van der Waals surface area contributed by atoms with Crippen LogP contribution in [0.4, 0.5) is 0 Å². The van der Waals surface area contributed by atoms with Gasteiger partial charge in [0.15, 0.2) is 5.76 Å². The number of Topliss-reactive ketones (excluding diaryl/α,β-unsaturated/α-hetero) is 1. The standard InChI is InChI=1S/C18H21NO2/c1-14(13-19-11-5-6-12-19)18(20)17-10-9-16(21-17)15-7-3-2-4-8-15/h2-4,7-10,14H,5-6,11-13H2,1H3. The van der Waals surface area contributed by atoms with E-state index in [1.165, 1.54) is 12.8 Å². The summed E-state index contributed by atoms with van der Waals surface area (Å²) in [7, 11) is 0. The minimum absolute atomic E-state index is 0.0159. The van der Waals surface area contributed by atoms with Crippen molar-refractivity contribution < 1.29 is 9.21 Å². The minimum Gasteiger partial charge on any atom is -0.453 e. The van der Waals surface area contributed by atoms with Gasteiger partial charge >= 0.3 is 0 Å². The van der Waals surface area contributed by atoms with E-state index in [0.29, 0.717) is 5.76 Å². The van der Waals surface area contributed by atoms with Crippen molar-refractivity contribution in [2.24, 2.45) is 5.92 Å². The van der Waals surface area contributed by atoms with Crippen molar-refractivity contribution in [2.45, 2.75) is 19.8 Å². The van der Waals surface area contributed by atoms with Crippen LogP contribution in [0.25, 0.3) is 11.3 Å². The first-order chi connectivity index (χ1) is 10.2. The molecule has 0 spiro atoms. The average molecular weight is 283 g/mol. The van der Waals surface area contributed by atoms with Crippen LogP contribution in [0.3, 0.4) is 0 Å². The van der Waals surface area contributed by atoms with Gasteiger partial charge in [-0.25, -0.2) is 0 Å². The van der Waals surface area contributed by atoms with Gasteiger partial charge in [0.1, 0.15) is 5.76 Å². The van der Waals surface area contributed by atoms with E-state index >= 15 is 0 Å². The van der Waals surface area contributed by atoms with Crippen molar-refractivity contribution in [1.82, 2.24) is 4.90 Å². The van der Waals surface area contributed by atoms with Crippen LogP contribution in [0.15, 0.2) is 46.9 Å². The van der Waals surface area contributed by atoms with Crippen molar-refractivity contribution in [1.29, 1.82) is 0 Å². The third-order valence-electron chi connectivity index (χ3n) is 4.09. The summed E-state index contributed by atoms with van der Waals surface area (Å²) in [6.45, 7) is 5.06. The van der Waals surface area contributed by atoms with Gasteiger partial charge in [0, 0.05) is 18.0 Å². The summed E-state index contributed by atoms with van der Waals surface area (Å²) in [6.07, 6.45) is 2.50. The Kier molecular flexibility index (Phi) is 4.20. The van der Waals surface area contributed by atoms with Gasteiger partial charge in [-0.1, -0.05) is 37.3 Å². The average Bonchev–Trinajstić information content (AvgIpc) is 3.18. The lowest BCUT2D eigenvalue weighted by Crippen LogP contribution is -2.29. The van der Waals surface area contributed by atoms with E-state index in [2.05, 4.69) is 4.90 Å². The van der Waals surface area contributed by atoms with Crippen LogP contribution in [0, 0.1) is 5.92 Å². The number of nitrogens with zero attached hydrogens (tertiary/aromatic N) is 1. The zero-order valence-corrected chi connectivity index (χ0v) is 12.4. The Bertz CT molecular complexity index is 597. The zero-order chi connectivity index (χ0) is 14.7. The highest BCUT2D eigenvalue weighted by Crippen LogP contribution is 2.23. The molecule has 0 radical (unpaired) electrons. The molecule has 1 saturated heterocycles. The summed E-state index contributed by atoms with van der Waals surface area (Å²) in [5.74, 6) is 1.31. The number of hydrogen-bond acceptors (Lipinski definition) is 3. The summed E-state index contributed by atoms with van der Waals surface area (Å²) >= 11 is 0. The van der Waals surface area contributed by atoms with Crippen LogP contribution in [0.5, 0.6) is 0 Å². The SMILES string of the molecule is CC(CN1CCCC1)C(=O)c1ccc(-c2ccccc2)o1. The molecule has 1 aromatic heterocycles. The molecule has 0 aliphatic carbocycles. The molecule has 1 unspecified atom stereocenters. The molecule has 1 aliphatic rings. The predicted octanol–water partition coefficient (Wildman–Crippen LogP) is 3.86. The van der Waals surface area contributed by atoms with E-state index in [1.54, 1.807) is 6.07 Å². The van der Waals surface area contributed by atoms with Crippen LogP contribution < -0.4 is 0 Å². The molecule has 110 valence electrons. The highest BCUT2D eigenvalue weighted by molar-refractivity contribution is 5.95. The molecular weight excluding hydrogens is 262 g/mol. The van der Waals surface area contributed by atoms with Crippen LogP contribution in [0.2, 0.25) is 0 Å². The first-order valence-electron chi connectivity index (χ1n) is 7.66. The zero-order valence-electron chi connectivity index (χ0n) is 12.4. The second-order valence-electron chi connectivity index (χ2n) is 5.80. The third kappa shape index (κ3) is 3.24. The van der Waals surface area contributed by atoms with Crippen molar-refractivity contribution in [3.05, 3.63) is 48.2 Å². The van der Waals surface area contributed by atoms with Crippen molar-refractivity contribution in [2.75, 3.05) is 19.6 Å². The molecule has 21 heavy (non-hydrogen) atoms. The summed E-state index contributed by atoms with van der Waals surface area (Å²) in [5.41, 5.74) is 1.00. The number of furan rings is 1. The number of ketones is 1. The Morgan fingerprint density at radius 3 is 2.57 bits per heavy atom. The first kappa shape index (κ1) is 14.1. The van der Waals surface area contributed by atoms with E-state index in [9.17, 15) is 4.79 Å². The Morgan fingerprint density at radius 2 is 1.86 bits per heavy atom. The molecule has 0 bridgehead atoms. The Hall–Kier alpha value is -1.87. The second-order valence-corrected chi connectivity index (χ2v) is 5.80. The minimum atomic E-state index is -0.0159. The normalized spacial score (nSPS) is 17.0. The molecule has 0 amide bonds. The fraction of sp³-hybridized carbons (Fsp3) is 0.389. The molecular formula is C18H21NO2. The highest BCUT2D eigenvalue weighted by Gasteiger charge is 2.23. The summed E-state index contributed by atoms with van der Waals surface area (Å²) in [4.78, 5) is 14.8. The van der Waals surface area contributed by atoms with Crippen LogP contribution in [-0.2, 0) is 0 Å². The molecule has 1 aromatic carbocycles. The molecule has 2 heterocycles. The molecule has 2 aromatic rings. The van der Waals surface area contributed by atoms with Crippen molar-refractivity contribution in [3.8, 4) is 11.3 Å². The molecule has 0 N–H and O–H groups in total. The summed E-state index contributed by atoms with van der Waals surface area (Å²) < 4.78 is 5.75. The summed E-state index contributed by atoms with van der Waals surface area (Å²) in [5, 5.41) is 0. The van der Waals surface area contributed by atoms with Gasteiger partial charge in [-0.2, -0.15) is 0 Å². The fourth-order valence-electron chi connectivity index (χ4n) is 2.91. The molecule has 1 atom stereocenters. The fourth-order valence-corrected chi connectivity index (χ4v) is 2.91. The molecule has 1 aliphatic heterocycles. The number of carbonyl (C=O) groups is 1. The third-order valence-corrected chi connectivity index (χ3v) is 4.09. The van der Waals surface area contributed by atoms with Crippen molar-refractivity contribution >= 4 is 5.78 Å². The lowest BCUT2D eigenvalue weighted by atomic mass is 10.0. The molecule has 1 fully saturated rings. The Morgan fingerprint density at radius 1 is 1.14 bits per heavy atom. The van der Waals surface area contributed by atoms with E-state index in [0.717, 1.165) is 31.0 Å². The van der Waals surface area contributed by atoms with Gasteiger partial charge in [-0.3, -0.25) is 4.79 Å². The van der Waals surface area contributed by atoms with Gasteiger partial charge in [-0.15, -0.1) is 0 Å². The van der Waals surface area contributed by atoms with E-state index in [4.69, 9.17) is 4.42 Å². The topological polar surface area (TPSA) is 33.5 Å². The van der Waals surface area contributed by atoms with Crippen LogP contribution in [0.1, 0.15) is 30.3 Å². The Labute approximate surface area is 125 Å². The second kappa shape index (κ2) is 6.27. The maximum absolute atomic E-state index is 12.5. The smallest absolute Gasteiger partial charge is 0.202 e. The van der Waals surface area contributed by atoms with Crippen molar-refractivity contribution in [3.63, 3.8) is 0 Å². The molecule has 3 rings (SSSR count). The quantitative estimate of drug-likeness (QED) is 0.781. The summed E-state index contributed by atoms with van der Waals surface area (Å²) in [6, 6.07) is 13.6. The maximum Gasteiger partial charge on any atom is 0.202 e. The van der Waals surface area contributed by atoms with Crippen LogP contribution in [-0.4, -0.2) is 30.3 Å². The number of likely N-dealkylation sites (tertiary alicyclic amines) is 1. The largest absolute Gasteiger partial charge is 0.453 e. The molecule has 3 nitrogen and oxygen atoms in total. The predicted molar refractivity (Wildman–Crippen MR) is 83.3 cm³/mol. The van der Waals surface area contributed by atoms with Gasteiger partial charge in [-0.05, 0) is 38.1 Å². The van der Waals surface area contributed by atoms with Crippen LogP contribution >= 0.6 is 0 Å². The lowest BCUT2D eigenvalue weighted by Gasteiger charge is -2.18. The lowest BCUT2D eigenvalue weighted by molar-refractivity contribution is 0.0875. The van der Waals surface area contributed by atoms with Gasteiger partial charge < -0.3 is 9.32 Å². The number of hydrogen-bond donors (Lipinski definition) is 0.